The van der Waals surface area contributed by atoms with Gasteiger partial charge in [-0.1, -0.05) is 6.07 Å². The highest BCUT2D eigenvalue weighted by Gasteiger charge is 2.42. The van der Waals surface area contributed by atoms with Gasteiger partial charge < -0.3 is 19.1 Å². The van der Waals surface area contributed by atoms with Crippen LogP contribution in [0, 0.1) is 0 Å². The molecule has 2 heterocycles. The molecule has 1 amide bonds. The van der Waals surface area contributed by atoms with E-state index >= 15 is 0 Å². The molecule has 8 nitrogen and oxygen atoms in total. The molecule has 0 aromatic heterocycles. The zero-order chi connectivity index (χ0) is 20.3. The fourth-order valence-electron chi connectivity index (χ4n) is 3.88. The molecule has 0 spiro atoms. The molecule has 156 valence electrons. The Morgan fingerprint density at radius 2 is 1.79 bits per heavy atom. The summed E-state index contributed by atoms with van der Waals surface area (Å²) in [6.07, 6.45) is 2.88. The Morgan fingerprint density at radius 1 is 1.14 bits per heavy atom. The molecule has 28 heavy (non-hydrogen) atoms. The third-order valence-electron chi connectivity index (χ3n) is 5.31. The summed E-state index contributed by atoms with van der Waals surface area (Å²) in [4.78, 5) is 14.3. The lowest BCUT2D eigenvalue weighted by atomic mass is 10.0. The summed E-state index contributed by atoms with van der Waals surface area (Å²) in [5.41, 5.74) is 0.829. The predicted molar refractivity (Wildman–Crippen MR) is 104 cm³/mol. The Balaban J connectivity index is 1.61. The van der Waals surface area contributed by atoms with Crippen LogP contribution in [0.15, 0.2) is 18.2 Å². The molecule has 0 aliphatic carbocycles. The van der Waals surface area contributed by atoms with Crippen molar-refractivity contribution in [2.75, 3.05) is 46.8 Å². The van der Waals surface area contributed by atoms with Crippen molar-refractivity contribution < 1.29 is 27.4 Å². The second kappa shape index (κ2) is 8.67. The van der Waals surface area contributed by atoms with Crippen LogP contribution in [0.1, 0.15) is 18.4 Å². The van der Waals surface area contributed by atoms with Gasteiger partial charge in [0.05, 0.1) is 32.9 Å². The molecule has 2 aliphatic rings. The number of ether oxygens (including phenoxy) is 3. The van der Waals surface area contributed by atoms with Crippen LogP contribution in [0.4, 0.5) is 0 Å². The van der Waals surface area contributed by atoms with E-state index in [1.54, 1.807) is 35.6 Å². The Kier molecular flexibility index (Phi) is 6.47. The number of carbonyl (C=O) groups is 1. The first-order chi connectivity index (χ1) is 13.3. The van der Waals surface area contributed by atoms with Gasteiger partial charge in [0, 0.05) is 32.3 Å². The molecule has 3 rings (SSSR count). The Bertz CT molecular complexity index is 801. The zero-order valence-corrected chi connectivity index (χ0v) is 17.4. The first kappa shape index (κ1) is 20.9. The van der Waals surface area contributed by atoms with Crippen LogP contribution in [0.2, 0.25) is 0 Å². The smallest absolute Gasteiger partial charge is 0.227 e. The maximum absolute atomic E-state index is 12.6. The monoisotopic (exact) mass is 412 g/mol. The number of likely N-dealkylation sites (tertiary alicyclic amines) is 1. The van der Waals surface area contributed by atoms with Crippen molar-refractivity contribution in [2.45, 2.75) is 31.3 Å². The molecule has 0 atom stereocenters. The van der Waals surface area contributed by atoms with Crippen LogP contribution < -0.4 is 9.47 Å². The fraction of sp³-hybridized carbons (Fsp3) is 0.632. The van der Waals surface area contributed by atoms with Gasteiger partial charge >= 0.3 is 0 Å². The molecule has 9 heteroatoms. The lowest BCUT2D eigenvalue weighted by molar-refractivity contribution is -0.137. The maximum Gasteiger partial charge on any atom is 0.227 e. The lowest BCUT2D eigenvalue weighted by Crippen LogP contribution is -2.64. The van der Waals surface area contributed by atoms with Crippen LogP contribution >= 0.6 is 0 Å². The van der Waals surface area contributed by atoms with Crippen LogP contribution in [-0.2, 0) is 26.0 Å². The number of nitrogens with zero attached hydrogens (tertiary/aromatic N) is 2. The largest absolute Gasteiger partial charge is 0.493 e. The Hall–Kier alpha value is -1.84. The summed E-state index contributed by atoms with van der Waals surface area (Å²) < 4.78 is 42.1. The van der Waals surface area contributed by atoms with Gasteiger partial charge in [0.25, 0.3) is 0 Å². The standard InChI is InChI=1S/C19H28N2O6S/c1-25-17-5-4-14(10-18(17)26-2)11-19(22)20-12-16(13-20)21(28(3,23)24)15-6-8-27-9-7-15/h4-5,10,15-16H,6-9,11-13H2,1-3H3. The van der Waals surface area contributed by atoms with Gasteiger partial charge in [-0.2, -0.15) is 4.31 Å². The maximum atomic E-state index is 12.6. The number of carbonyl (C=O) groups excluding carboxylic acids is 1. The molecule has 0 radical (unpaired) electrons. The first-order valence-electron chi connectivity index (χ1n) is 9.38. The summed E-state index contributed by atoms with van der Waals surface area (Å²) in [6.45, 7) is 2.00. The summed E-state index contributed by atoms with van der Waals surface area (Å²) in [5.74, 6) is 1.17. The average Bonchev–Trinajstić information content (AvgIpc) is 2.63. The highest BCUT2D eigenvalue weighted by atomic mass is 32.2. The molecule has 2 aliphatic heterocycles. The molecule has 0 unspecified atom stereocenters. The van der Waals surface area contributed by atoms with Gasteiger partial charge in [0.1, 0.15) is 0 Å². The van der Waals surface area contributed by atoms with E-state index in [4.69, 9.17) is 14.2 Å². The highest BCUT2D eigenvalue weighted by molar-refractivity contribution is 7.88. The number of hydrogen-bond acceptors (Lipinski definition) is 6. The van der Waals surface area contributed by atoms with E-state index in [0.717, 1.165) is 5.56 Å². The molecule has 2 saturated heterocycles. The normalized spacial score (nSPS) is 18.8. The number of methoxy groups -OCH3 is 2. The number of sulfonamides is 1. The van der Waals surface area contributed by atoms with E-state index in [0.29, 0.717) is 50.6 Å². The van der Waals surface area contributed by atoms with Crippen molar-refractivity contribution in [1.29, 1.82) is 0 Å². The molecule has 0 saturated carbocycles. The van der Waals surface area contributed by atoms with E-state index in [1.807, 2.05) is 6.07 Å². The Labute approximate surface area is 166 Å². The first-order valence-corrected chi connectivity index (χ1v) is 11.2. The number of amides is 1. The fourth-order valence-corrected chi connectivity index (χ4v) is 5.30. The topological polar surface area (TPSA) is 85.4 Å². The van der Waals surface area contributed by atoms with Gasteiger partial charge in [-0.25, -0.2) is 8.42 Å². The molecule has 2 fully saturated rings. The summed E-state index contributed by atoms with van der Waals surface area (Å²) in [6, 6.07) is 5.20. The molecule has 1 aromatic rings. The number of benzene rings is 1. The van der Waals surface area contributed by atoms with Crippen molar-refractivity contribution in [3.05, 3.63) is 23.8 Å². The van der Waals surface area contributed by atoms with Crippen LogP contribution in [0.5, 0.6) is 11.5 Å². The summed E-state index contributed by atoms with van der Waals surface area (Å²) >= 11 is 0. The van der Waals surface area contributed by atoms with E-state index in [2.05, 4.69) is 0 Å². The van der Waals surface area contributed by atoms with Crippen LogP contribution in [0.3, 0.4) is 0 Å². The van der Waals surface area contributed by atoms with E-state index in [-0.39, 0.29) is 24.4 Å². The van der Waals surface area contributed by atoms with Gasteiger partial charge in [-0.15, -0.1) is 0 Å². The third kappa shape index (κ3) is 4.59. The number of hydrogen-bond donors (Lipinski definition) is 0. The van der Waals surface area contributed by atoms with E-state index in [9.17, 15) is 13.2 Å². The minimum absolute atomic E-state index is 0.0242. The number of rotatable bonds is 7. The second-order valence-corrected chi connectivity index (χ2v) is 9.14. The molecular weight excluding hydrogens is 384 g/mol. The van der Waals surface area contributed by atoms with Crippen molar-refractivity contribution in [1.82, 2.24) is 9.21 Å². The SMILES string of the molecule is COc1ccc(CC(=O)N2CC(N(C3CCOCC3)S(C)(=O)=O)C2)cc1OC. The summed E-state index contributed by atoms with van der Waals surface area (Å²) in [5, 5.41) is 0. The molecular formula is C19H28N2O6S. The van der Waals surface area contributed by atoms with E-state index in [1.165, 1.54) is 6.26 Å². The van der Waals surface area contributed by atoms with Gasteiger partial charge in [-0.05, 0) is 30.5 Å². The molecule has 1 aromatic carbocycles. The van der Waals surface area contributed by atoms with Crippen LogP contribution in [-0.4, -0.2) is 82.4 Å². The molecule has 0 bridgehead atoms. The van der Waals surface area contributed by atoms with Gasteiger partial charge in [-0.3, -0.25) is 4.79 Å². The van der Waals surface area contributed by atoms with Crippen molar-refractivity contribution in [3.8, 4) is 11.5 Å². The average molecular weight is 413 g/mol. The summed E-state index contributed by atoms with van der Waals surface area (Å²) in [7, 11) is -0.221. The minimum atomic E-state index is -3.34. The van der Waals surface area contributed by atoms with Gasteiger partial charge in [0.2, 0.25) is 15.9 Å². The van der Waals surface area contributed by atoms with Crippen molar-refractivity contribution in [2.24, 2.45) is 0 Å². The highest BCUT2D eigenvalue weighted by Crippen LogP contribution is 2.29. The quantitative estimate of drug-likeness (QED) is 0.662. The Morgan fingerprint density at radius 3 is 2.36 bits per heavy atom. The third-order valence-corrected chi connectivity index (χ3v) is 6.67. The van der Waals surface area contributed by atoms with Crippen molar-refractivity contribution >= 4 is 15.9 Å². The molecule has 0 N–H and O–H groups in total. The van der Waals surface area contributed by atoms with Crippen LogP contribution in [0.25, 0.3) is 0 Å². The van der Waals surface area contributed by atoms with Crippen molar-refractivity contribution in [3.63, 3.8) is 0 Å². The predicted octanol–water partition coefficient (Wildman–Crippen LogP) is 0.898. The zero-order valence-electron chi connectivity index (χ0n) is 16.6. The lowest BCUT2D eigenvalue weighted by Gasteiger charge is -2.47. The van der Waals surface area contributed by atoms with E-state index < -0.39 is 10.0 Å². The minimum Gasteiger partial charge on any atom is -0.493 e. The van der Waals surface area contributed by atoms with Gasteiger partial charge in [0.15, 0.2) is 11.5 Å². The second-order valence-electron chi connectivity index (χ2n) is 7.26.